The number of nitrogens with two attached hydrogens (primary N) is 1. The second-order valence-electron chi connectivity index (χ2n) is 4.21. The summed E-state index contributed by atoms with van der Waals surface area (Å²) >= 11 is 0. The summed E-state index contributed by atoms with van der Waals surface area (Å²) in [5, 5.41) is 11.5. The summed E-state index contributed by atoms with van der Waals surface area (Å²) < 4.78 is 5.26. The van der Waals surface area contributed by atoms with Gasteiger partial charge in [-0.05, 0) is 32.2 Å². The van der Waals surface area contributed by atoms with E-state index < -0.39 is 12.1 Å². The molecule has 0 aromatic carbocycles. The number of carboxylic acids is 1. The number of amides is 1. The third-order valence-corrected chi connectivity index (χ3v) is 2.77. The summed E-state index contributed by atoms with van der Waals surface area (Å²) in [4.78, 5) is 22.0. The third-order valence-electron chi connectivity index (χ3n) is 2.77. The molecule has 0 spiro atoms. The molecular weight excluding hydrogens is 224 g/mol. The van der Waals surface area contributed by atoms with Gasteiger partial charge in [-0.25, -0.2) is 4.79 Å². The summed E-state index contributed by atoms with van der Waals surface area (Å²) in [6.07, 6.45) is 2.40. The molecule has 1 amide bonds. The van der Waals surface area contributed by atoms with Gasteiger partial charge in [-0.1, -0.05) is 0 Å². The predicted molar refractivity (Wildman–Crippen MR) is 61.4 cm³/mol. The molecule has 1 saturated heterocycles. The first kappa shape index (κ1) is 13.9. The number of carboxylic acid groups (broad SMARTS) is 1. The van der Waals surface area contributed by atoms with Gasteiger partial charge in [0.1, 0.15) is 0 Å². The van der Waals surface area contributed by atoms with Crippen molar-refractivity contribution in [2.45, 2.75) is 44.3 Å². The average molecular weight is 244 g/mol. The predicted octanol–water partition coefficient (Wildman–Crippen LogP) is -0.136. The maximum atomic E-state index is 11.4. The third kappa shape index (κ3) is 5.14. The van der Waals surface area contributed by atoms with Crippen molar-refractivity contribution in [1.29, 1.82) is 0 Å². The van der Waals surface area contributed by atoms with E-state index in [4.69, 9.17) is 15.6 Å². The molecule has 0 bridgehead atoms. The molecule has 0 saturated carbocycles. The average Bonchev–Trinajstić information content (AvgIpc) is 2.75. The van der Waals surface area contributed by atoms with Crippen molar-refractivity contribution in [2.24, 2.45) is 5.73 Å². The maximum Gasteiger partial charge on any atom is 0.332 e. The van der Waals surface area contributed by atoms with E-state index in [1.165, 1.54) is 0 Å². The molecule has 0 aliphatic carbocycles. The highest BCUT2D eigenvalue weighted by Gasteiger charge is 2.30. The Morgan fingerprint density at radius 2 is 2.12 bits per heavy atom. The smallest absolute Gasteiger partial charge is 0.332 e. The van der Waals surface area contributed by atoms with E-state index in [0.29, 0.717) is 32.4 Å². The lowest BCUT2D eigenvalue weighted by molar-refractivity contribution is -0.149. The van der Waals surface area contributed by atoms with Crippen molar-refractivity contribution in [3.05, 3.63) is 0 Å². The van der Waals surface area contributed by atoms with Crippen LogP contribution in [0.25, 0.3) is 0 Å². The van der Waals surface area contributed by atoms with Crippen LogP contribution in [0.15, 0.2) is 0 Å². The second kappa shape index (κ2) is 7.24. The highest BCUT2D eigenvalue weighted by atomic mass is 16.5. The highest BCUT2D eigenvalue weighted by molar-refractivity contribution is 5.76. The minimum atomic E-state index is -0.929. The van der Waals surface area contributed by atoms with Gasteiger partial charge in [0.2, 0.25) is 5.91 Å². The summed E-state index contributed by atoms with van der Waals surface area (Å²) in [7, 11) is 0. The van der Waals surface area contributed by atoms with Crippen LogP contribution in [0.5, 0.6) is 0 Å². The van der Waals surface area contributed by atoms with E-state index in [1.807, 2.05) is 0 Å². The molecule has 1 aliphatic heterocycles. The van der Waals surface area contributed by atoms with E-state index in [9.17, 15) is 9.59 Å². The molecule has 2 unspecified atom stereocenters. The van der Waals surface area contributed by atoms with Crippen LogP contribution in [-0.2, 0) is 14.3 Å². The number of rotatable bonds is 7. The normalized spacial score (nSPS) is 23.6. The van der Waals surface area contributed by atoms with Crippen molar-refractivity contribution < 1.29 is 19.4 Å². The number of unbranched alkanes of at least 4 members (excludes halogenated alkanes) is 1. The van der Waals surface area contributed by atoms with E-state index in [1.54, 1.807) is 0 Å². The molecular formula is C11H20N2O4. The Morgan fingerprint density at radius 1 is 1.35 bits per heavy atom. The molecule has 1 aliphatic rings. The fourth-order valence-electron chi connectivity index (χ4n) is 1.78. The fourth-order valence-corrected chi connectivity index (χ4v) is 1.78. The molecule has 1 fully saturated rings. The molecule has 0 aromatic heterocycles. The van der Waals surface area contributed by atoms with E-state index in [2.05, 4.69) is 5.32 Å². The molecule has 6 heteroatoms. The Hall–Kier alpha value is -1.14. The van der Waals surface area contributed by atoms with Crippen LogP contribution >= 0.6 is 0 Å². The first-order valence-corrected chi connectivity index (χ1v) is 5.98. The van der Waals surface area contributed by atoms with Crippen LogP contribution in [0.3, 0.4) is 0 Å². The Bertz CT molecular complexity index is 270. The van der Waals surface area contributed by atoms with E-state index >= 15 is 0 Å². The van der Waals surface area contributed by atoms with Gasteiger partial charge >= 0.3 is 5.97 Å². The first-order valence-electron chi connectivity index (χ1n) is 5.98. The van der Waals surface area contributed by atoms with Crippen LogP contribution in [-0.4, -0.2) is 42.3 Å². The van der Waals surface area contributed by atoms with Gasteiger partial charge in [0.15, 0.2) is 6.10 Å². The van der Waals surface area contributed by atoms with Crippen LogP contribution < -0.4 is 11.1 Å². The zero-order valence-corrected chi connectivity index (χ0v) is 9.85. The number of nitrogens with one attached hydrogen (secondary N) is 1. The largest absolute Gasteiger partial charge is 0.479 e. The van der Waals surface area contributed by atoms with Gasteiger partial charge in [0.25, 0.3) is 0 Å². The fraction of sp³-hybridized carbons (Fsp3) is 0.818. The van der Waals surface area contributed by atoms with Crippen LogP contribution in [0, 0.1) is 0 Å². The molecule has 1 rings (SSSR count). The van der Waals surface area contributed by atoms with E-state index in [0.717, 1.165) is 12.8 Å². The van der Waals surface area contributed by atoms with Crippen molar-refractivity contribution in [1.82, 2.24) is 5.32 Å². The van der Waals surface area contributed by atoms with E-state index in [-0.39, 0.29) is 12.0 Å². The number of carbonyl (C=O) groups excluding carboxylic acids is 1. The quantitative estimate of drug-likeness (QED) is 0.541. The van der Waals surface area contributed by atoms with Crippen LogP contribution in [0.2, 0.25) is 0 Å². The zero-order valence-electron chi connectivity index (χ0n) is 9.85. The van der Waals surface area contributed by atoms with Gasteiger partial charge in [-0.3, -0.25) is 4.79 Å². The lowest BCUT2D eigenvalue weighted by atomic mass is 10.2. The standard InChI is InChI=1S/C11H20N2O4/c12-6-2-1-3-10(14)13-7-8-4-5-9(17-8)11(15)16/h8-9H,1-7,12H2,(H,13,14)(H,15,16). The van der Waals surface area contributed by atoms with Gasteiger partial charge < -0.3 is 20.9 Å². The Balaban J connectivity index is 2.11. The first-order chi connectivity index (χ1) is 8.13. The Kier molecular flexibility index (Phi) is 5.93. The number of ether oxygens (including phenoxy) is 1. The minimum Gasteiger partial charge on any atom is -0.479 e. The van der Waals surface area contributed by atoms with Gasteiger partial charge in [-0.2, -0.15) is 0 Å². The number of carbonyl (C=O) groups is 2. The summed E-state index contributed by atoms with van der Waals surface area (Å²) in [5.74, 6) is -0.956. The van der Waals surface area contributed by atoms with Crippen LogP contribution in [0.4, 0.5) is 0 Å². The minimum absolute atomic E-state index is 0.0270. The lowest BCUT2D eigenvalue weighted by Crippen LogP contribution is -2.33. The highest BCUT2D eigenvalue weighted by Crippen LogP contribution is 2.19. The molecule has 0 aromatic rings. The van der Waals surface area contributed by atoms with Crippen molar-refractivity contribution in [3.8, 4) is 0 Å². The Labute approximate surface area is 101 Å². The van der Waals surface area contributed by atoms with Crippen molar-refractivity contribution in [3.63, 3.8) is 0 Å². The zero-order chi connectivity index (χ0) is 12.7. The van der Waals surface area contributed by atoms with Crippen molar-refractivity contribution >= 4 is 11.9 Å². The SMILES string of the molecule is NCCCCC(=O)NCC1CCC(C(=O)O)O1. The van der Waals surface area contributed by atoms with Gasteiger partial charge in [0, 0.05) is 13.0 Å². The maximum absolute atomic E-state index is 11.4. The van der Waals surface area contributed by atoms with Gasteiger partial charge in [0.05, 0.1) is 6.10 Å². The molecule has 1 heterocycles. The molecule has 17 heavy (non-hydrogen) atoms. The molecule has 2 atom stereocenters. The molecule has 6 nitrogen and oxygen atoms in total. The number of hydrogen-bond donors (Lipinski definition) is 3. The van der Waals surface area contributed by atoms with Crippen LogP contribution in [0.1, 0.15) is 32.1 Å². The molecule has 98 valence electrons. The summed E-state index contributed by atoms with van der Waals surface area (Å²) in [6.45, 7) is 0.991. The monoisotopic (exact) mass is 244 g/mol. The number of aliphatic carboxylic acids is 1. The van der Waals surface area contributed by atoms with Gasteiger partial charge in [-0.15, -0.1) is 0 Å². The topological polar surface area (TPSA) is 102 Å². The lowest BCUT2D eigenvalue weighted by Gasteiger charge is -2.12. The van der Waals surface area contributed by atoms with Crippen molar-refractivity contribution in [2.75, 3.05) is 13.1 Å². The Morgan fingerprint density at radius 3 is 2.71 bits per heavy atom. The second-order valence-corrected chi connectivity index (χ2v) is 4.21. The molecule has 0 radical (unpaired) electrons. The number of hydrogen-bond acceptors (Lipinski definition) is 4. The summed E-state index contributed by atoms with van der Waals surface area (Å²) in [6, 6.07) is 0. The molecule has 4 N–H and O–H groups in total. The summed E-state index contributed by atoms with van der Waals surface area (Å²) in [5.41, 5.74) is 5.32.